The van der Waals surface area contributed by atoms with Crippen molar-refractivity contribution in [2.75, 3.05) is 5.32 Å². The predicted octanol–water partition coefficient (Wildman–Crippen LogP) is 4.19. The molecule has 8 nitrogen and oxygen atoms in total. The molecule has 11 heteroatoms. The van der Waals surface area contributed by atoms with E-state index in [1.54, 1.807) is 4.68 Å². The summed E-state index contributed by atoms with van der Waals surface area (Å²) in [6.07, 6.45) is -4.41. The Balaban J connectivity index is 1.41. The molecule has 2 aromatic heterocycles. The number of benzene rings is 2. The lowest BCUT2D eigenvalue weighted by Gasteiger charge is -2.07. The lowest BCUT2D eigenvalue weighted by atomic mass is 10.1. The average molecular weight is 455 g/mol. The van der Waals surface area contributed by atoms with Crippen molar-refractivity contribution >= 4 is 11.6 Å². The van der Waals surface area contributed by atoms with Gasteiger partial charge in [-0.15, -0.1) is 10.2 Å². The fourth-order valence-corrected chi connectivity index (χ4v) is 3.34. The second-order valence-electron chi connectivity index (χ2n) is 7.38. The monoisotopic (exact) mass is 455 g/mol. The smallest absolute Gasteiger partial charge is 0.323 e. The van der Waals surface area contributed by atoms with Crippen LogP contribution in [0.15, 0.2) is 54.6 Å². The molecule has 0 saturated heterocycles. The number of alkyl halides is 3. The Labute approximate surface area is 187 Å². The van der Waals surface area contributed by atoms with Crippen molar-refractivity contribution in [1.82, 2.24) is 30.0 Å². The van der Waals surface area contributed by atoms with Crippen molar-refractivity contribution in [1.29, 1.82) is 0 Å². The Morgan fingerprint density at radius 2 is 1.79 bits per heavy atom. The Morgan fingerprint density at radius 3 is 2.52 bits per heavy atom. The van der Waals surface area contributed by atoms with Gasteiger partial charge < -0.3 is 5.32 Å². The number of hydrogen-bond donors (Lipinski definition) is 1. The summed E-state index contributed by atoms with van der Waals surface area (Å²) >= 11 is 0. The Morgan fingerprint density at radius 1 is 1.03 bits per heavy atom. The van der Waals surface area contributed by atoms with Crippen LogP contribution in [0, 0.1) is 13.8 Å². The summed E-state index contributed by atoms with van der Waals surface area (Å²) in [5.41, 5.74) is 2.37. The van der Waals surface area contributed by atoms with Crippen molar-refractivity contribution in [2.45, 2.75) is 33.0 Å². The molecule has 2 heterocycles. The van der Waals surface area contributed by atoms with Crippen LogP contribution in [-0.2, 0) is 17.5 Å². The maximum Gasteiger partial charge on any atom is 0.416 e. The van der Waals surface area contributed by atoms with Gasteiger partial charge in [-0.3, -0.25) is 4.79 Å². The number of para-hydroxylation sites is 1. The molecular formula is C22H20F3N7O. The molecule has 4 rings (SSSR count). The number of aromatic nitrogens is 6. The molecule has 0 radical (unpaired) electrons. The zero-order valence-corrected chi connectivity index (χ0v) is 17.8. The number of tetrazole rings is 1. The first-order valence-corrected chi connectivity index (χ1v) is 10.1. The molecule has 1 amide bonds. The first-order valence-electron chi connectivity index (χ1n) is 10.1. The molecule has 0 fully saturated rings. The van der Waals surface area contributed by atoms with E-state index in [1.807, 2.05) is 44.2 Å². The fourth-order valence-electron chi connectivity index (χ4n) is 3.34. The predicted molar refractivity (Wildman–Crippen MR) is 115 cm³/mol. The summed E-state index contributed by atoms with van der Waals surface area (Å²) in [5.74, 6) is -0.218. The van der Waals surface area contributed by atoms with Gasteiger partial charge in [-0.25, -0.2) is 4.68 Å². The van der Waals surface area contributed by atoms with Gasteiger partial charge in [0.1, 0.15) is 0 Å². The second kappa shape index (κ2) is 8.85. The number of aryl methyl sites for hydroxylation is 2. The average Bonchev–Trinajstić information content (AvgIpc) is 3.38. The van der Waals surface area contributed by atoms with Crippen molar-refractivity contribution < 1.29 is 18.0 Å². The molecule has 0 aliphatic heterocycles. The van der Waals surface area contributed by atoms with Crippen LogP contribution in [0.25, 0.3) is 17.1 Å². The van der Waals surface area contributed by atoms with E-state index in [-0.39, 0.29) is 30.3 Å². The summed E-state index contributed by atoms with van der Waals surface area (Å²) in [7, 11) is 0. The highest BCUT2D eigenvalue weighted by Gasteiger charge is 2.30. The number of carbonyl (C=O) groups is 1. The molecule has 0 aliphatic rings. The normalized spacial score (nSPS) is 11.5. The molecular weight excluding hydrogens is 435 g/mol. The SMILES string of the molecule is Cc1nn(-c2ccccc2)c(C)c1NC(=O)CCn1nnc(-c2cccc(C(F)(F)F)c2)n1. The standard InChI is InChI=1S/C22H20F3N7O/c1-14-20(15(2)32(28-14)18-9-4-3-5-10-18)26-19(33)11-12-31-29-21(27-30-31)16-7-6-8-17(13-16)22(23,24)25/h3-10,13H,11-12H2,1-2H3,(H,26,33). The summed E-state index contributed by atoms with van der Waals surface area (Å²) in [4.78, 5) is 13.7. The molecule has 33 heavy (non-hydrogen) atoms. The lowest BCUT2D eigenvalue weighted by molar-refractivity contribution is -0.137. The number of nitrogens with one attached hydrogen (secondary N) is 1. The third-order valence-electron chi connectivity index (χ3n) is 5.00. The maximum absolute atomic E-state index is 12.9. The fraction of sp³-hybridized carbons (Fsp3) is 0.227. The molecule has 4 aromatic rings. The summed E-state index contributed by atoms with van der Waals surface area (Å²) in [5, 5.41) is 19.1. The van der Waals surface area contributed by atoms with Crippen molar-refractivity contribution in [2.24, 2.45) is 0 Å². The molecule has 170 valence electrons. The van der Waals surface area contributed by atoms with Gasteiger partial charge in [0.05, 0.1) is 34.9 Å². The van der Waals surface area contributed by atoms with Crippen molar-refractivity contribution in [3.05, 3.63) is 71.5 Å². The van der Waals surface area contributed by atoms with E-state index >= 15 is 0 Å². The van der Waals surface area contributed by atoms with Gasteiger partial charge in [0, 0.05) is 12.0 Å². The first-order chi connectivity index (χ1) is 15.7. The highest BCUT2D eigenvalue weighted by atomic mass is 19.4. The number of hydrogen-bond acceptors (Lipinski definition) is 5. The van der Waals surface area contributed by atoms with Crippen molar-refractivity contribution in [3.8, 4) is 17.1 Å². The third kappa shape index (κ3) is 4.92. The van der Waals surface area contributed by atoms with E-state index in [1.165, 1.54) is 16.9 Å². The largest absolute Gasteiger partial charge is 0.416 e. The van der Waals surface area contributed by atoms with Crippen LogP contribution in [0.4, 0.5) is 18.9 Å². The van der Waals surface area contributed by atoms with E-state index in [4.69, 9.17) is 0 Å². The Hall–Kier alpha value is -4.02. The quantitative estimate of drug-likeness (QED) is 0.471. The Kier molecular flexibility index (Phi) is 5.95. The highest BCUT2D eigenvalue weighted by Crippen LogP contribution is 2.31. The number of rotatable bonds is 6. The van der Waals surface area contributed by atoms with Crippen LogP contribution in [0.2, 0.25) is 0 Å². The van der Waals surface area contributed by atoms with E-state index < -0.39 is 11.7 Å². The zero-order chi connectivity index (χ0) is 23.6. The van der Waals surface area contributed by atoms with Gasteiger partial charge in [0.15, 0.2) is 0 Å². The van der Waals surface area contributed by atoms with E-state index in [0.29, 0.717) is 11.4 Å². The number of anilines is 1. The van der Waals surface area contributed by atoms with Crippen molar-refractivity contribution in [3.63, 3.8) is 0 Å². The van der Waals surface area contributed by atoms with Gasteiger partial charge in [-0.05, 0) is 43.3 Å². The molecule has 0 aliphatic carbocycles. The van der Waals surface area contributed by atoms with E-state index in [0.717, 1.165) is 23.5 Å². The zero-order valence-electron chi connectivity index (χ0n) is 17.8. The van der Waals surface area contributed by atoms with Gasteiger partial charge in [-0.2, -0.15) is 23.1 Å². The van der Waals surface area contributed by atoms with Gasteiger partial charge in [-0.1, -0.05) is 30.3 Å². The van der Waals surface area contributed by atoms with Gasteiger partial charge in [0.2, 0.25) is 11.7 Å². The summed E-state index contributed by atoms with van der Waals surface area (Å²) < 4.78 is 40.5. The second-order valence-corrected chi connectivity index (χ2v) is 7.38. The number of nitrogens with zero attached hydrogens (tertiary/aromatic N) is 6. The van der Waals surface area contributed by atoms with Crippen LogP contribution < -0.4 is 5.32 Å². The topological polar surface area (TPSA) is 90.5 Å². The van der Waals surface area contributed by atoms with E-state index in [2.05, 4.69) is 25.8 Å². The molecule has 0 saturated carbocycles. The molecule has 0 bridgehead atoms. The Bertz CT molecular complexity index is 1280. The minimum atomic E-state index is -4.46. The van der Waals surface area contributed by atoms with Crippen LogP contribution >= 0.6 is 0 Å². The van der Waals surface area contributed by atoms with Crippen LogP contribution in [0.1, 0.15) is 23.4 Å². The van der Waals surface area contributed by atoms with Crippen LogP contribution in [0.3, 0.4) is 0 Å². The highest BCUT2D eigenvalue weighted by molar-refractivity contribution is 5.91. The number of amides is 1. The lowest BCUT2D eigenvalue weighted by Crippen LogP contribution is -2.16. The number of halogens is 3. The molecule has 2 aromatic carbocycles. The van der Waals surface area contributed by atoms with E-state index in [9.17, 15) is 18.0 Å². The molecule has 0 spiro atoms. The molecule has 0 unspecified atom stereocenters. The number of carbonyl (C=O) groups excluding carboxylic acids is 1. The molecule has 0 atom stereocenters. The minimum absolute atomic E-state index is 0.0494. The maximum atomic E-state index is 12.9. The third-order valence-corrected chi connectivity index (χ3v) is 5.00. The summed E-state index contributed by atoms with van der Waals surface area (Å²) in [6.45, 7) is 3.79. The van der Waals surface area contributed by atoms with Crippen LogP contribution in [-0.4, -0.2) is 35.9 Å². The summed E-state index contributed by atoms with van der Waals surface area (Å²) in [6, 6.07) is 14.3. The van der Waals surface area contributed by atoms with Crippen LogP contribution in [0.5, 0.6) is 0 Å². The minimum Gasteiger partial charge on any atom is -0.323 e. The van der Waals surface area contributed by atoms with Gasteiger partial charge >= 0.3 is 6.18 Å². The molecule has 1 N–H and O–H groups in total. The van der Waals surface area contributed by atoms with Gasteiger partial charge in [0.25, 0.3) is 0 Å². The first kappa shape index (κ1) is 22.2.